The molecule has 3 heterocycles. The van der Waals surface area contributed by atoms with Crippen molar-refractivity contribution in [3.63, 3.8) is 0 Å². The number of nitrogens with zero attached hydrogens (tertiary/aromatic N) is 4. The molecule has 10 heteroatoms. The Labute approximate surface area is 135 Å². The van der Waals surface area contributed by atoms with Crippen LogP contribution in [0.3, 0.4) is 0 Å². The van der Waals surface area contributed by atoms with Crippen LogP contribution in [-0.4, -0.2) is 59.2 Å². The number of hydrogen-bond acceptors (Lipinski definition) is 5. The fraction of sp³-hybridized carbons (Fsp3) is 0.643. The van der Waals surface area contributed by atoms with E-state index in [1.807, 2.05) is 0 Å². The first-order chi connectivity index (χ1) is 11.3. The summed E-state index contributed by atoms with van der Waals surface area (Å²) < 4.78 is 52.1. The molecule has 2 aliphatic heterocycles. The third kappa shape index (κ3) is 3.09. The van der Waals surface area contributed by atoms with Crippen molar-refractivity contribution in [1.29, 1.82) is 0 Å². The molecule has 0 unspecified atom stereocenters. The van der Waals surface area contributed by atoms with Gasteiger partial charge in [0, 0.05) is 26.2 Å². The summed E-state index contributed by atoms with van der Waals surface area (Å²) in [5, 5.41) is 2.68. The number of hydrogen-bond donors (Lipinski definition) is 1. The van der Waals surface area contributed by atoms with E-state index in [1.165, 1.54) is 4.90 Å². The summed E-state index contributed by atoms with van der Waals surface area (Å²) in [6.07, 6.45) is -2.28. The molecule has 1 aromatic heterocycles. The molecule has 1 aromatic rings. The van der Waals surface area contributed by atoms with Crippen molar-refractivity contribution in [2.24, 2.45) is 5.92 Å². The number of likely N-dealkylation sites (tertiary alicyclic amines) is 1. The zero-order valence-electron chi connectivity index (χ0n) is 13.0. The molecular formula is C14H17F4N5O. The van der Waals surface area contributed by atoms with Gasteiger partial charge < -0.3 is 15.1 Å². The average molecular weight is 347 g/mol. The first-order valence-corrected chi connectivity index (χ1v) is 7.65. The van der Waals surface area contributed by atoms with Gasteiger partial charge in [-0.05, 0) is 13.3 Å². The lowest BCUT2D eigenvalue weighted by atomic mass is 10.00. The van der Waals surface area contributed by atoms with E-state index in [0.29, 0.717) is 13.1 Å². The zero-order valence-corrected chi connectivity index (χ0v) is 13.0. The van der Waals surface area contributed by atoms with Crippen molar-refractivity contribution in [2.45, 2.75) is 25.6 Å². The molecule has 0 spiro atoms. The molecule has 1 atom stereocenters. The summed E-state index contributed by atoms with van der Waals surface area (Å²) in [6, 6.07) is -0.679. The van der Waals surface area contributed by atoms with Crippen LogP contribution >= 0.6 is 0 Å². The van der Waals surface area contributed by atoms with Crippen LogP contribution in [0.5, 0.6) is 0 Å². The fourth-order valence-corrected chi connectivity index (χ4v) is 2.62. The maximum Gasteiger partial charge on any atom is 0.395 e. The third-order valence-electron chi connectivity index (χ3n) is 4.31. The first-order valence-electron chi connectivity index (χ1n) is 7.65. The van der Waals surface area contributed by atoms with Gasteiger partial charge in [-0.25, -0.2) is 9.97 Å². The Balaban J connectivity index is 1.67. The lowest BCUT2D eigenvalue weighted by Gasteiger charge is -2.41. The number of alkyl halides is 3. The highest BCUT2D eigenvalue weighted by Gasteiger charge is 2.48. The Kier molecular flexibility index (Phi) is 4.22. The normalized spacial score (nSPS) is 19.5. The summed E-state index contributed by atoms with van der Waals surface area (Å²) in [7, 11) is 0. The minimum Gasteiger partial charge on any atom is -0.356 e. The fourth-order valence-electron chi connectivity index (χ4n) is 2.62. The van der Waals surface area contributed by atoms with Crippen molar-refractivity contribution in [3.8, 4) is 0 Å². The number of carbonyl (C=O) groups is 1. The molecule has 0 radical (unpaired) electrons. The highest BCUT2D eigenvalue weighted by Crippen LogP contribution is 2.36. The Hall–Kier alpha value is -2.13. The van der Waals surface area contributed by atoms with Crippen molar-refractivity contribution < 1.29 is 22.4 Å². The Bertz CT molecular complexity index is 628. The van der Waals surface area contributed by atoms with E-state index in [0.717, 1.165) is 12.7 Å². The molecular weight excluding hydrogens is 330 g/mol. The molecule has 2 aliphatic rings. The lowest BCUT2D eigenvalue weighted by molar-refractivity contribution is -0.180. The summed E-state index contributed by atoms with van der Waals surface area (Å²) in [5.74, 6) is -2.85. The van der Waals surface area contributed by atoms with Crippen LogP contribution in [0.1, 0.15) is 13.3 Å². The molecule has 6 nitrogen and oxygen atoms in total. The van der Waals surface area contributed by atoms with Crippen LogP contribution < -0.4 is 10.2 Å². The molecule has 0 saturated carbocycles. The molecule has 132 valence electrons. The smallest absolute Gasteiger partial charge is 0.356 e. The lowest BCUT2D eigenvalue weighted by Crippen LogP contribution is -2.54. The monoisotopic (exact) mass is 347 g/mol. The SMILES string of the molecule is C[C@@H](Nc1ncnc(N2CC(C(F)(F)F)C2)c1F)C(=O)N1CCC1. The van der Waals surface area contributed by atoms with Gasteiger partial charge in [-0.1, -0.05) is 0 Å². The number of carbonyl (C=O) groups excluding carboxylic acids is 1. The molecule has 1 N–H and O–H groups in total. The molecule has 3 rings (SSSR count). The predicted octanol–water partition coefficient (Wildman–Crippen LogP) is 1.65. The number of aromatic nitrogens is 2. The Morgan fingerprint density at radius 1 is 1.33 bits per heavy atom. The largest absolute Gasteiger partial charge is 0.395 e. The Morgan fingerprint density at radius 3 is 2.54 bits per heavy atom. The maximum absolute atomic E-state index is 14.5. The van der Waals surface area contributed by atoms with E-state index in [1.54, 1.807) is 11.8 Å². The number of rotatable bonds is 4. The van der Waals surface area contributed by atoms with Crippen LogP contribution in [-0.2, 0) is 4.79 Å². The number of anilines is 2. The van der Waals surface area contributed by atoms with Gasteiger partial charge in [-0.3, -0.25) is 4.79 Å². The van der Waals surface area contributed by atoms with Gasteiger partial charge in [0.2, 0.25) is 11.7 Å². The topological polar surface area (TPSA) is 61.4 Å². The first kappa shape index (κ1) is 16.7. The molecule has 0 bridgehead atoms. The Morgan fingerprint density at radius 2 is 2.00 bits per heavy atom. The van der Waals surface area contributed by atoms with Crippen molar-refractivity contribution >= 4 is 17.5 Å². The van der Waals surface area contributed by atoms with Crippen molar-refractivity contribution in [1.82, 2.24) is 14.9 Å². The van der Waals surface area contributed by atoms with Gasteiger partial charge in [0.15, 0.2) is 11.6 Å². The van der Waals surface area contributed by atoms with E-state index >= 15 is 0 Å². The minimum atomic E-state index is -4.29. The maximum atomic E-state index is 14.5. The van der Waals surface area contributed by atoms with Crippen LogP contribution in [0.25, 0.3) is 0 Å². The van der Waals surface area contributed by atoms with Crippen molar-refractivity contribution in [3.05, 3.63) is 12.1 Å². The van der Waals surface area contributed by atoms with E-state index in [2.05, 4.69) is 15.3 Å². The van der Waals surface area contributed by atoms with Crippen LogP contribution in [0.15, 0.2) is 6.33 Å². The van der Waals surface area contributed by atoms with Crippen molar-refractivity contribution in [2.75, 3.05) is 36.4 Å². The van der Waals surface area contributed by atoms with E-state index < -0.39 is 24.0 Å². The number of amides is 1. The van der Waals surface area contributed by atoms with Gasteiger partial charge in [-0.2, -0.15) is 17.6 Å². The molecule has 1 amide bonds. The highest BCUT2D eigenvalue weighted by molar-refractivity contribution is 5.84. The minimum absolute atomic E-state index is 0.165. The molecule has 0 aromatic carbocycles. The van der Waals surface area contributed by atoms with Gasteiger partial charge in [0.05, 0.1) is 5.92 Å². The quantitative estimate of drug-likeness (QED) is 0.840. The van der Waals surface area contributed by atoms with E-state index in [4.69, 9.17) is 0 Å². The van der Waals surface area contributed by atoms with E-state index in [9.17, 15) is 22.4 Å². The van der Waals surface area contributed by atoms with Gasteiger partial charge in [-0.15, -0.1) is 0 Å². The zero-order chi connectivity index (χ0) is 17.5. The van der Waals surface area contributed by atoms with Gasteiger partial charge in [0.1, 0.15) is 12.4 Å². The second-order valence-corrected chi connectivity index (χ2v) is 6.05. The molecule has 2 saturated heterocycles. The summed E-state index contributed by atoms with van der Waals surface area (Å²) >= 11 is 0. The van der Waals surface area contributed by atoms with Gasteiger partial charge >= 0.3 is 6.18 Å². The van der Waals surface area contributed by atoms with Crippen LogP contribution in [0.4, 0.5) is 29.2 Å². The summed E-state index contributed by atoms with van der Waals surface area (Å²) in [4.78, 5) is 22.4. The van der Waals surface area contributed by atoms with Crippen LogP contribution in [0.2, 0.25) is 0 Å². The third-order valence-corrected chi connectivity index (χ3v) is 4.31. The van der Waals surface area contributed by atoms with Gasteiger partial charge in [0.25, 0.3) is 0 Å². The highest BCUT2D eigenvalue weighted by atomic mass is 19.4. The average Bonchev–Trinajstić information content (AvgIpc) is 2.37. The van der Waals surface area contributed by atoms with Crippen LogP contribution in [0, 0.1) is 11.7 Å². The summed E-state index contributed by atoms with van der Waals surface area (Å²) in [5.41, 5.74) is 0. The molecule has 2 fully saturated rings. The second kappa shape index (κ2) is 6.06. The standard InChI is InChI=1S/C14H17F4N5O/c1-8(13(24)22-3-2-4-22)21-11-10(15)12(20-7-19-11)23-5-9(6-23)14(16,17)18/h7-9H,2-6H2,1H3,(H,19,20,21)/t8-/m1/s1. The summed E-state index contributed by atoms with van der Waals surface area (Å²) in [6.45, 7) is 2.27. The number of halogens is 4. The number of nitrogens with one attached hydrogen (secondary N) is 1. The van der Waals surface area contributed by atoms with E-state index in [-0.39, 0.29) is 30.6 Å². The molecule has 24 heavy (non-hydrogen) atoms. The predicted molar refractivity (Wildman–Crippen MR) is 78.0 cm³/mol. The molecule has 0 aliphatic carbocycles. The second-order valence-electron chi connectivity index (χ2n) is 6.05.